The number of carbonyl (C=O) groups is 1. The molecule has 0 spiro atoms. The zero-order chi connectivity index (χ0) is 21.5. The highest BCUT2D eigenvalue weighted by Gasteiger charge is 2.33. The molecule has 0 aliphatic carbocycles. The first-order valence-corrected chi connectivity index (χ1v) is 10.7. The average molecular weight is 425 g/mol. The summed E-state index contributed by atoms with van der Waals surface area (Å²) in [6.07, 6.45) is 0. The number of nitrogens with zero attached hydrogens (tertiary/aromatic N) is 7. The van der Waals surface area contributed by atoms with Crippen molar-refractivity contribution in [2.75, 3.05) is 26.2 Å². The normalized spacial score (nSPS) is 15.3. The van der Waals surface area contributed by atoms with Crippen LogP contribution in [0.25, 0.3) is 5.78 Å². The first-order chi connectivity index (χ1) is 14.3. The van der Waals surface area contributed by atoms with E-state index in [1.165, 1.54) is 25.9 Å². The minimum Gasteiger partial charge on any atom is -0.333 e. The van der Waals surface area contributed by atoms with E-state index in [-0.39, 0.29) is 48.4 Å². The van der Waals surface area contributed by atoms with Crippen LogP contribution in [0.5, 0.6) is 0 Å². The predicted molar refractivity (Wildman–Crippen MR) is 106 cm³/mol. The molecule has 4 rings (SSSR count). The van der Waals surface area contributed by atoms with Gasteiger partial charge in [0.15, 0.2) is 0 Å². The first kappa shape index (κ1) is 19.9. The molecule has 11 heteroatoms. The van der Waals surface area contributed by atoms with Crippen LogP contribution < -0.4 is 0 Å². The second kappa shape index (κ2) is 7.47. The summed E-state index contributed by atoms with van der Waals surface area (Å²) in [5.41, 5.74) is 1.70. The first-order valence-electron chi connectivity index (χ1n) is 9.31. The lowest BCUT2D eigenvalue weighted by Crippen LogP contribution is -2.50. The van der Waals surface area contributed by atoms with E-state index in [1.54, 1.807) is 12.1 Å². The number of sulfonamides is 1. The summed E-state index contributed by atoms with van der Waals surface area (Å²) in [4.78, 5) is 22.9. The Morgan fingerprint density at radius 2 is 1.80 bits per heavy atom. The number of amides is 1. The van der Waals surface area contributed by atoms with Gasteiger partial charge >= 0.3 is 0 Å². The fraction of sp³-hybridized carbons (Fsp3) is 0.316. The topological polar surface area (TPSA) is 125 Å². The Kier molecular flexibility index (Phi) is 4.97. The Bertz CT molecular complexity index is 1290. The highest BCUT2D eigenvalue weighted by molar-refractivity contribution is 7.89. The number of rotatable bonds is 3. The molecule has 1 amide bonds. The number of aryl methyl sites for hydroxylation is 2. The molecule has 1 aromatic carbocycles. The standard InChI is InChI=1S/C19H19N7O3S/c1-13-11-14(2)26-19(21-13)22-17(23-26)18(27)24-7-9-25(10-8-24)30(28,29)16-6-4-3-5-15(16)12-20/h3-6,11H,7-10H2,1-2H3. The lowest BCUT2D eigenvalue weighted by atomic mass is 10.2. The van der Waals surface area contributed by atoms with Crippen LogP contribution in [0, 0.1) is 25.2 Å². The quantitative estimate of drug-likeness (QED) is 0.607. The third-order valence-electron chi connectivity index (χ3n) is 4.96. The largest absolute Gasteiger partial charge is 0.333 e. The molecule has 2 aromatic heterocycles. The number of hydrogen-bond donors (Lipinski definition) is 0. The van der Waals surface area contributed by atoms with Gasteiger partial charge in [-0.2, -0.15) is 14.6 Å². The summed E-state index contributed by atoms with van der Waals surface area (Å²) in [5, 5.41) is 13.5. The van der Waals surface area contributed by atoms with Crippen LogP contribution in [-0.2, 0) is 10.0 Å². The van der Waals surface area contributed by atoms with Crippen LogP contribution >= 0.6 is 0 Å². The molecule has 0 atom stereocenters. The highest BCUT2D eigenvalue weighted by Crippen LogP contribution is 2.21. The van der Waals surface area contributed by atoms with Crippen LogP contribution in [0.2, 0.25) is 0 Å². The smallest absolute Gasteiger partial charge is 0.293 e. The van der Waals surface area contributed by atoms with Crippen LogP contribution in [-0.4, -0.2) is 69.3 Å². The van der Waals surface area contributed by atoms with E-state index < -0.39 is 10.0 Å². The fourth-order valence-corrected chi connectivity index (χ4v) is 5.02. The van der Waals surface area contributed by atoms with Gasteiger partial charge in [-0.3, -0.25) is 4.79 Å². The number of hydrogen-bond acceptors (Lipinski definition) is 7. The maximum Gasteiger partial charge on any atom is 0.293 e. The van der Waals surface area contributed by atoms with Crippen molar-refractivity contribution in [1.82, 2.24) is 28.8 Å². The van der Waals surface area contributed by atoms with E-state index in [1.807, 2.05) is 26.0 Å². The third-order valence-corrected chi connectivity index (χ3v) is 6.92. The molecule has 154 valence electrons. The third kappa shape index (κ3) is 3.40. The van der Waals surface area contributed by atoms with Crippen LogP contribution in [0.15, 0.2) is 35.2 Å². The van der Waals surface area contributed by atoms with Gasteiger partial charge in [0.1, 0.15) is 6.07 Å². The fourth-order valence-electron chi connectivity index (χ4n) is 3.45. The van der Waals surface area contributed by atoms with Gasteiger partial charge in [0.2, 0.25) is 15.8 Å². The van der Waals surface area contributed by atoms with Gasteiger partial charge < -0.3 is 4.90 Å². The van der Waals surface area contributed by atoms with Gasteiger partial charge in [0, 0.05) is 37.6 Å². The van der Waals surface area contributed by atoms with Gasteiger partial charge in [0.25, 0.3) is 11.7 Å². The van der Waals surface area contributed by atoms with E-state index in [4.69, 9.17) is 0 Å². The number of carbonyl (C=O) groups excluding carboxylic acids is 1. The monoisotopic (exact) mass is 425 g/mol. The second-order valence-electron chi connectivity index (χ2n) is 6.99. The van der Waals surface area contributed by atoms with E-state index in [2.05, 4.69) is 15.1 Å². The summed E-state index contributed by atoms with van der Waals surface area (Å²) in [5.74, 6) is 0.0135. The molecule has 10 nitrogen and oxygen atoms in total. The molecule has 0 radical (unpaired) electrons. The van der Waals surface area contributed by atoms with Gasteiger partial charge in [-0.1, -0.05) is 12.1 Å². The summed E-state index contributed by atoms with van der Waals surface area (Å²) < 4.78 is 28.7. The average Bonchev–Trinajstić information content (AvgIpc) is 3.17. The molecule has 1 aliphatic heterocycles. The lowest BCUT2D eigenvalue weighted by molar-refractivity contribution is 0.0686. The minimum absolute atomic E-state index is 0.0220. The molecule has 3 aromatic rings. The lowest BCUT2D eigenvalue weighted by Gasteiger charge is -2.33. The number of piperazine rings is 1. The Balaban J connectivity index is 1.51. The predicted octanol–water partition coefficient (Wildman–Crippen LogP) is 0.760. The van der Waals surface area contributed by atoms with E-state index in [9.17, 15) is 18.5 Å². The maximum absolute atomic E-state index is 12.9. The van der Waals surface area contributed by atoms with E-state index in [0.29, 0.717) is 5.78 Å². The molecular formula is C19H19N7O3S. The Labute approximate surface area is 173 Å². The Morgan fingerprint density at radius 3 is 2.50 bits per heavy atom. The molecule has 3 heterocycles. The van der Waals surface area contributed by atoms with Crippen molar-refractivity contribution < 1.29 is 13.2 Å². The zero-order valence-electron chi connectivity index (χ0n) is 16.5. The maximum atomic E-state index is 12.9. The molecular weight excluding hydrogens is 406 g/mol. The minimum atomic E-state index is -3.82. The van der Waals surface area contributed by atoms with Gasteiger partial charge in [0.05, 0.1) is 10.5 Å². The van der Waals surface area contributed by atoms with Crippen molar-refractivity contribution in [3.8, 4) is 6.07 Å². The van der Waals surface area contributed by atoms with E-state index >= 15 is 0 Å². The molecule has 1 saturated heterocycles. The van der Waals surface area contributed by atoms with Crippen molar-refractivity contribution in [3.05, 3.63) is 53.1 Å². The molecule has 0 bridgehead atoms. The van der Waals surface area contributed by atoms with Gasteiger partial charge in [-0.25, -0.2) is 17.9 Å². The van der Waals surface area contributed by atoms with Crippen molar-refractivity contribution >= 4 is 21.7 Å². The van der Waals surface area contributed by atoms with Crippen molar-refractivity contribution in [2.24, 2.45) is 0 Å². The highest BCUT2D eigenvalue weighted by atomic mass is 32.2. The molecule has 30 heavy (non-hydrogen) atoms. The summed E-state index contributed by atoms with van der Waals surface area (Å²) in [6, 6.07) is 9.86. The SMILES string of the molecule is Cc1cc(C)n2nc(C(=O)N3CCN(S(=O)(=O)c4ccccc4C#N)CC3)nc2n1. The number of benzene rings is 1. The Morgan fingerprint density at radius 1 is 1.10 bits per heavy atom. The van der Waals surface area contributed by atoms with Crippen molar-refractivity contribution in [2.45, 2.75) is 18.7 Å². The van der Waals surface area contributed by atoms with Crippen molar-refractivity contribution in [1.29, 1.82) is 5.26 Å². The van der Waals surface area contributed by atoms with E-state index in [0.717, 1.165) is 11.4 Å². The van der Waals surface area contributed by atoms with Crippen LogP contribution in [0.4, 0.5) is 0 Å². The number of fused-ring (bicyclic) bond motifs is 1. The van der Waals surface area contributed by atoms with Gasteiger partial charge in [-0.05, 0) is 32.0 Å². The zero-order valence-corrected chi connectivity index (χ0v) is 17.3. The molecule has 1 fully saturated rings. The number of aromatic nitrogens is 4. The summed E-state index contributed by atoms with van der Waals surface area (Å²) in [7, 11) is -3.82. The summed E-state index contributed by atoms with van der Waals surface area (Å²) in [6.45, 7) is 4.34. The molecule has 0 unspecified atom stereocenters. The molecule has 0 N–H and O–H groups in total. The van der Waals surface area contributed by atoms with Gasteiger partial charge in [-0.15, -0.1) is 5.10 Å². The molecule has 1 aliphatic rings. The van der Waals surface area contributed by atoms with Crippen LogP contribution in [0.3, 0.4) is 0 Å². The number of nitriles is 1. The summed E-state index contributed by atoms with van der Waals surface area (Å²) >= 11 is 0. The van der Waals surface area contributed by atoms with Crippen molar-refractivity contribution in [3.63, 3.8) is 0 Å². The van der Waals surface area contributed by atoms with Crippen LogP contribution in [0.1, 0.15) is 27.6 Å². The second-order valence-corrected chi connectivity index (χ2v) is 8.90. The Hall–Kier alpha value is -3.36. The molecule has 0 saturated carbocycles.